The molecule has 0 spiro atoms. The molecule has 2 N–H and O–H groups in total. The van der Waals surface area contributed by atoms with Crippen molar-refractivity contribution in [1.29, 1.82) is 0 Å². The van der Waals surface area contributed by atoms with Gasteiger partial charge in [-0.25, -0.2) is 18.2 Å². The summed E-state index contributed by atoms with van der Waals surface area (Å²) in [5.41, 5.74) is -0.312. The van der Waals surface area contributed by atoms with Crippen molar-refractivity contribution in [2.45, 2.75) is 20.0 Å². The maximum atomic E-state index is 14.4. The largest absolute Gasteiger partial charge is 0.392 e. The second-order valence-corrected chi connectivity index (χ2v) is 8.32. The van der Waals surface area contributed by atoms with E-state index in [9.17, 15) is 23.1 Å². The molecule has 0 radical (unpaired) electrons. The number of hydrogen-bond acceptors (Lipinski definition) is 5. The Morgan fingerprint density at radius 3 is 2.36 bits per heavy atom. The minimum absolute atomic E-state index is 0.0301. The molecule has 1 aliphatic heterocycles. The van der Waals surface area contributed by atoms with Gasteiger partial charge in [0.1, 0.15) is 28.8 Å². The number of aromatic nitrogens is 2. The summed E-state index contributed by atoms with van der Waals surface area (Å²) < 4.78 is 42.7. The number of rotatable bonds is 4. The van der Waals surface area contributed by atoms with Crippen LogP contribution in [0.4, 0.5) is 24.5 Å². The van der Waals surface area contributed by atoms with Crippen LogP contribution in [-0.4, -0.2) is 40.2 Å². The Labute approximate surface area is 189 Å². The maximum absolute atomic E-state index is 14.4. The molecule has 1 fully saturated rings. The number of hydrogen-bond donors (Lipinski definition) is 2. The van der Waals surface area contributed by atoms with E-state index in [1.54, 1.807) is 12.3 Å². The monoisotopic (exact) mass is 456 g/mol. The van der Waals surface area contributed by atoms with E-state index in [2.05, 4.69) is 20.2 Å². The van der Waals surface area contributed by atoms with Crippen molar-refractivity contribution in [3.05, 3.63) is 71.9 Å². The number of piperidine rings is 1. The number of aliphatic hydroxyl groups excluding tert-OH is 1. The Bertz CT molecular complexity index is 1160. The highest BCUT2D eigenvalue weighted by Gasteiger charge is 2.31. The summed E-state index contributed by atoms with van der Waals surface area (Å²) in [4.78, 5) is 23.0. The first-order valence-electron chi connectivity index (χ1n) is 10.6. The van der Waals surface area contributed by atoms with Gasteiger partial charge in [-0.15, -0.1) is 0 Å². The average Bonchev–Trinajstić information content (AvgIpc) is 2.78. The lowest BCUT2D eigenvalue weighted by Gasteiger charge is -2.40. The Kier molecular flexibility index (Phi) is 6.33. The molecule has 3 aromatic rings. The molecule has 9 heteroatoms. The highest BCUT2D eigenvalue weighted by atomic mass is 19.1. The van der Waals surface area contributed by atoms with E-state index in [-0.39, 0.29) is 17.5 Å². The van der Waals surface area contributed by atoms with E-state index in [4.69, 9.17) is 0 Å². The normalized spacial score (nSPS) is 20.5. The number of carbonyl (C=O) groups is 1. The van der Waals surface area contributed by atoms with Gasteiger partial charge in [-0.05, 0) is 42.2 Å². The Morgan fingerprint density at radius 2 is 1.70 bits per heavy atom. The zero-order chi connectivity index (χ0) is 23.7. The second kappa shape index (κ2) is 9.19. The molecule has 0 bridgehead atoms. The fourth-order valence-corrected chi connectivity index (χ4v) is 4.16. The minimum atomic E-state index is -0.982. The first-order chi connectivity index (χ1) is 15.8. The Hall–Kier alpha value is -3.46. The summed E-state index contributed by atoms with van der Waals surface area (Å²) in [7, 11) is 0. The van der Waals surface area contributed by atoms with Crippen LogP contribution in [0.2, 0.25) is 0 Å². The SMILES string of the molecule is C[C@@H]1CN(c2ccncc2NC(=O)c2ccc(F)c(-c3c(F)cccc3F)n2)C[C@H](C)C1O. The lowest BCUT2D eigenvalue weighted by Crippen LogP contribution is -2.47. The molecule has 3 atom stereocenters. The zero-order valence-electron chi connectivity index (χ0n) is 18.1. The molecule has 6 nitrogen and oxygen atoms in total. The van der Waals surface area contributed by atoms with Gasteiger partial charge in [-0.2, -0.15) is 0 Å². The molecule has 1 aliphatic rings. The van der Waals surface area contributed by atoms with Crippen molar-refractivity contribution in [2.75, 3.05) is 23.3 Å². The van der Waals surface area contributed by atoms with Crippen LogP contribution in [-0.2, 0) is 0 Å². The maximum Gasteiger partial charge on any atom is 0.274 e. The van der Waals surface area contributed by atoms with Crippen molar-refractivity contribution < 1.29 is 23.1 Å². The van der Waals surface area contributed by atoms with Crippen molar-refractivity contribution in [3.63, 3.8) is 0 Å². The molecule has 1 saturated heterocycles. The molecule has 0 saturated carbocycles. The van der Waals surface area contributed by atoms with Crippen LogP contribution in [0.1, 0.15) is 24.3 Å². The standard InChI is InChI=1S/C24H23F3N4O2/c1-13-11-31(12-14(2)23(13)32)20-8-9-28-10-19(20)30-24(33)18-7-6-17(27)22(29-18)21-15(25)4-3-5-16(21)26/h3-10,13-14,23,32H,11-12H2,1-2H3,(H,30,33)/t13-,14+,23?. The summed E-state index contributed by atoms with van der Waals surface area (Å²) in [6, 6.07) is 6.99. The van der Waals surface area contributed by atoms with Crippen LogP contribution in [0.5, 0.6) is 0 Å². The van der Waals surface area contributed by atoms with Gasteiger partial charge in [0.2, 0.25) is 0 Å². The van der Waals surface area contributed by atoms with Crippen LogP contribution in [0.3, 0.4) is 0 Å². The molecule has 1 aromatic carbocycles. The third-order valence-corrected chi connectivity index (χ3v) is 5.85. The van der Waals surface area contributed by atoms with E-state index in [0.29, 0.717) is 24.5 Å². The average molecular weight is 456 g/mol. The number of nitrogens with zero attached hydrogens (tertiary/aromatic N) is 3. The molecule has 1 amide bonds. The van der Waals surface area contributed by atoms with Crippen LogP contribution >= 0.6 is 0 Å². The number of pyridine rings is 2. The van der Waals surface area contributed by atoms with E-state index in [1.807, 2.05) is 13.8 Å². The molecule has 3 heterocycles. The predicted molar refractivity (Wildman–Crippen MR) is 118 cm³/mol. The van der Waals surface area contributed by atoms with Gasteiger partial charge < -0.3 is 15.3 Å². The fraction of sp³-hybridized carbons (Fsp3) is 0.292. The third-order valence-electron chi connectivity index (χ3n) is 5.85. The molecule has 33 heavy (non-hydrogen) atoms. The summed E-state index contributed by atoms with van der Waals surface area (Å²) in [6.07, 6.45) is 2.66. The quantitative estimate of drug-likeness (QED) is 0.613. The second-order valence-electron chi connectivity index (χ2n) is 8.32. The first-order valence-corrected chi connectivity index (χ1v) is 10.6. The fourth-order valence-electron chi connectivity index (χ4n) is 4.16. The summed E-state index contributed by atoms with van der Waals surface area (Å²) in [6.45, 7) is 5.09. The van der Waals surface area contributed by atoms with Gasteiger partial charge in [0.25, 0.3) is 5.91 Å². The van der Waals surface area contributed by atoms with Gasteiger partial charge in [-0.1, -0.05) is 19.9 Å². The van der Waals surface area contributed by atoms with E-state index in [1.165, 1.54) is 6.20 Å². The molecule has 1 unspecified atom stereocenters. The Morgan fingerprint density at radius 1 is 1.03 bits per heavy atom. The number of carbonyl (C=O) groups excluding carboxylic acids is 1. The van der Waals surface area contributed by atoms with Gasteiger partial charge in [0.05, 0.1) is 29.2 Å². The van der Waals surface area contributed by atoms with Crippen LogP contribution in [0.15, 0.2) is 48.8 Å². The number of benzene rings is 1. The van der Waals surface area contributed by atoms with E-state index in [0.717, 1.165) is 30.3 Å². The number of aliphatic hydroxyl groups is 1. The Balaban J connectivity index is 1.63. The van der Waals surface area contributed by atoms with Crippen molar-refractivity contribution in [3.8, 4) is 11.3 Å². The predicted octanol–water partition coefficient (Wildman–Crippen LogP) is 4.27. The van der Waals surface area contributed by atoms with E-state index >= 15 is 0 Å². The molecule has 4 rings (SSSR count). The number of halogens is 3. The number of nitrogens with one attached hydrogen (secondary N) is 1. The smallest absolute Gasteiger partial charge is 0.274 e. The lowest BCUT2D eigenvalue weighted by atomic mass is 9.88. The number of anilines is 2. The zero-order valence-corrected chi connectivity index (χ0v) is 18.1. The van der Waals surface area contributed by atoms with Crippen LogP contribution in [0, 0.1) is 29.3 Å². The van der Waals surface area contributed by atoms with Gasteiger partial charge in [-0.3, -0.25) is 9.78 Å². The summed E-state index contributed by atoms with van der Waals surface area (Å²) in [5, 5.41) is 13.0. The van der Waals surface area contributed by atoms with Gasteiger partial charge >= 0.3 is 0 Å². The summed E-state index contributed by atoms with van der Waals surface area (Å²) >= 11 is 0. The molecule has 0 aliphatic carbocycles. The highest BCUT2D eigenvalue weighted by molar-refractivity contribution is 6.04. The molecule has 172 valence electrons. The first kappa shape index (κ1) is 22.7. The van der Waals surface area contributed by atoms with Crippen LogP contribution in [0.25, 0.3) is 11.3 Å². The lowest BCUT2D eigenvalue weighted by molar-refractivity contribution is 0.0530. The molecular formula is C24H23F3N4O2. The topological polar surface area (TPSA) is 78.4 Å². The molecular weight excluding hydrogens is 433 g/mol. The van der Waals surface area contributed by atoms with Crippen molar-refractivity contribution in [2.24, 2.45) is 11.8 Å². The third kappa shape index (κ3) is 4.54. The van der Waals surface area contributed by atoms with Gasteiger partial charge in [0.15, 0.2) is 0 Å². The number of amides is 1. The highest BCUT2D eigenvalue weighted by Crippen LogP contribution is 2.32. The summed E-state index contributed by atoms with van der Waals surface area (Å²) in [5.74, 6) is -3.54. The van der Waals surface area contributed by atoms with Crippen LogP contribution < -0.4 is 10.2 Å². The van der Waals surface area contributed by atoms with Crippen molar-refractivity contribution >= 4 is 17.3 Å². The molecule has 2 aromatic heterocycles. The van der Waals surface area contributed by atoms with Crippen molar-refractivity contribution in [1.82, 2.24) is 9.97 Å². The van der Waals surface area contributed by atoms with Gasteiger partial charge in [0, 0.05) is 19.3 Å². The minimum Gasteiger partial charge on any atom is -0.392 e. The van der Waals surface area contributed by atoms with E-state index < -0.39 is 40.7 Å².